The van der Waals surface area contributed by atoms with Gasteiger partial charge in [-0.3, -0.25) is 19.2 Å². The van der Waals surface area contributed by atoms with E-state index in [4.69, 9.17) is 19.3 Å². The van der Waals surface area contributed by atoms with Gasteiger partial charge in [-0.25, -0.2) is 4.98 Å². The van der Waals surface area contributed by atoms with Crippen LogP contribution in [-0.4, -0.2) is 108 Å². The summed E-state index contributed by atoms with van der Waals surface area (Å²) in [7, 11) is 0. The summed E-state index contributed by atoms with van der Waals surface area (Å²) < 4.78 is 16.0. The molecule has 0 bridgehead atoms. The molecule has 47 heavy (non-hydrogen) atoms. The van der Waals surface area contributed by atoms with Gasteiger partial charge in [0, 0.05) is 19.4 Å². The molecule has 4 atom stereocenters. The zero-order valence-corrected chi connectivity index (χ0v) is 28.6. The number of aryl methyl sites for hydroxylation is 1. The summed E-state index contributed by atoms with van der Waals surface area (Å²) in [6.07, 6.45) is -0.810. The number of benzene rings is 1. The lowest BCUT2D eigenvalue weighted by molar-refractivity contribution is -0.144. The molecule has 2 aromatic rings. The van der Waals surface area contributed by atoms with Crippen LogP contribution in [0.3, 0.4) is 0 Å². The molecule has 0 aliphatic carbocycles. The van der Waals surface area contributed by atoms with Gasteiger partial charge in [-0.15, -0.1) is 11.3 Å². The van der Waals surface area contributed by atoms with Gasteiger partial charge < -0.3 is 40.0 Å². The number of likely N-dealkylation sites (tertiary alicyclic amines) is 1. The third-order valence-corrected chi connectivity index (χ3v) is 8.72. The number of carbonyl (C=O) groups excluding carboxylic acids is 3. The third kappa shape index (κ3) is 12.0. The first kappa shape index (κ1) is 38.0. The van der Waals surface area contributed by atoms with Crippen molar-refractivity contribution < 1.29 is 43.6 Å². The molecule has 3 amide bonds. The largest absolute Gasteiger partial charge is 0.481 e. The second-order valence-corrected chi connectivity index (χ2v) is 13.5. The van der Waals surface area contributed by atoms with Crippen LogP contribution in [-0.2, 0) is 33.4 Å². The number of aliphatic carboxylic acids is 1. The lowest BCUT2D eigenvalue weighted by Crippen LogP contribution is -2.58. The lowest BCUT2D eigenvalue weighted by Gasteiger charge is -2.35. The van der Waals surface area contributed by atoms with Gasteiger partial charge in [-0.1, -0.05) is 45.0 Å². The molecule has 0 saturated carbocycles. The number of β-amino-alcohol motifs (C(OH)–C–C–N with tert-alkyl or cyclic N) is 1. The van der Waals surface area contributed by atoms with E-state index in [0.29, 0.717) is 6.61 Å². The fourth-order valence-corrected chi connectivity index (χ4v) is 5.93. The van der Waals surface area contributed by atoms with E-state index in [-0.39, 0.29) is 76.7 Å². The van der Waals surface area contributed by atoms with Gasteiger partial charge in [0.15, 0.2) is 0 Å². The van der Waals surface area contributed by atoms with Gasteiger partial charge in [0.25, 0.3) is 0 Å². The maximum atomic E-state index is 13.8. The number of hydrogen-bond donors (Lipinski definition) is 4. The molecule has 1 saturated heterocycles. The molecule has 0 unspecified atom stereocenters. The highest BCUT2D eigenvalue weighted by molar-refractivity contribution is 7.13. The van der Waals surface area contributed by atoms with Crippen molar-refractivity contribution in [1.29, 1.82) is 0 Å². The van der Waals surface area contributed by atoms with Gasteiger partial charge in [0.1, 0.15) is 12.1 Å². The number of rotatable bonds is 18. The Morgan fingerprint density at radius 2 is 1.57 bits per heavy atom. The van der Waals surface area contributed by atoms with Crippen LogP contribution in [0.4, 0.5) is 0 Å². The van der Waals surface area contributed by atoms with E-state index in [0.717, 1.165) is 21.7 Å². The molecule has 260 valence electrons. The molecule has 1 aromatic carbocycles. The number of carboxylic acids is 1. The maximum Gasteiger partial charge on any atom is 0.305 e. The molecule has 1 aliphatic heterocycles. The van der Waals surface area contributed by atoms with Crippen LogP contribution in [0.5, 0.6) is 0 Å². The number of nitrogens with zero attached hydrogens (tertiary/aromatic N) is 2. The van der Waals surface area contributed by atoms with Crippen LogP contribution >= 0.6 is 11.3 Å². The summed E-state index contributed by atoms with van der Waals surface area (Å²) >= 11 is 1.57. The smallest absolute Gasteiger partial charge is 0.305 e. The molecule has 3 rings (SSSR count). The molecule has 0 radical (unpaired) electrons. The number of aliphatic hydroxyl groups excluding tert-OH is 1. The summed E-state index contributed by atoms with van der Waals surface area (Å²) in [5.74, 6) is -2.10. The van der Waals surface area contributed by atoms with E-state index in [1.807, 2.05) is 64.4 Å². The minimum absolute atomic E-state index is 0.00956. The van der Waals surface area contributed by atoms with Crippen LogP contribution in [0, 0.1) is 12.3 Å². The van der Waals surface area contributed by atoms with Crippen molar-refractivity contribution in [1.82, 2.24) is 20.5 Å². The molecular formula is C33H48N4O9S. The summed E-state index contributed by atoms with van der Waals surface area (Å²) in [6, 6.07) is 5.75. The first-order valence-electron chi connectivity index (χ1n) is 15.8. The van der Waals surface area contributed by atoms with Gasteiger partial charge in [0.05, 0.1) is 74.3 Å². The molecule has 2 heterocycles. The number of hydrogen-bond acceptors (Lipinski definition) is 10. The number of carboxylic acid groups (broad SMARTS) is 1. The number of amides is 3. The Kier molecular flexibility index (Phi) is 14.7. The Bertz CT molecular complexity index is 1330. The van der Waals surface area contributed by atoms with E-state index < -0.39 is 35.5 Å². The van der Waals surface area contributed by atoms with Crippen molar-refractivity contribution >= 4 is 35.0 Å². The molecule has 4 N–H and O–H groups in total. The van der Waals surface area contributed by atoms with Crippen molar-refractivity contribution in [3.05, 3.63) is 41.0 Å². The summed E-state index contributed by atoms with van der Waals surface area (Å²) in [6.45, 7) is 10.7. The Balaban J connectivity index is 1.49. The average Bonchev–Trinajstić information content (AvgIpc) is 3.62. The van der Waals surface area contributed by atoms with E-state index in [1.54, 1.807) is 11.3 Å². The van der Waals surface area contributed by atoms with E-state index in [9.17, 15) is 24.3 Å². The normalized spacial score (nSPS) is 17.7. The topological polar surface area (TPSA) is 177 Å². The number of ether oxygens (including phenoxy) is 3. The standard InChI is InChI=1S/C33H48N4O9S/c1-21(23-6-8-24(9-7-23)29-22(2)34-20-47-29)35-31(42)26-18-25(38)19-37(26)32(43)30(33(3,4)5)36-27(39)10-12-44-14-16-46-17-15-45-13-11-28(40)41/h6-9,20-21,25-26,30,38H,10-19H2,1-5H3,(H,35,42)(H,36,39)(H,40,41)/t21-,25+,26-,30+/m0/s1. The van der Waals surface area contributed by atoms with Gasteiger partial charge in [-0.2, -0.15) is 0 Å². The second-order valence-electron chi connectivity index (χ2n) is 12.6. The molecule has 14 heteroatoms. The minimum Gasteiger partial charge on any atom is -0.481 e. The Hall–Kier alpha value is -3.43. The number of aromatic nitrogens is 1. The van der Waals surface area contributed by atoms with Crippen molar-refractivity contribution in [2.45, 2.75) is 78.1 Å². The first-order valence-corrected chi connectivity index (χ1v) is 16.7. The first-order chi connectivity index (χ1) is 22.3. The highest BCUT2D eigenvalue weighted by atomic mass is 32.1. The lowest BCUT2D eigenvalue weighted by atomic mass is 9.85. The molecule has 1 fully saturated rings. The highest BCUT2D eigenvalue weighted by Gasteiger charge is 2.44. The fraction of sp³-hybridized carbons (Fsp3) is 0.606. The average molecular weight is 677 g/mol. The zero-order valence-electron chi connectivity index (χ0n) is 27.8. The van der Waals surface area contributed by atoms with Gasteiger partial charge in [0.2, 0.25) is 17.7 Å². The van der Waals surface area contributed by atoms with E-state index in [2.05, 4.69) is 15.6 Å². The van der Waals surface area contributed by atoms with Crippen LogP contribution in [0.1, 0.15) is 64.3 Å². The zero-order chi connectivity index (χ0) is 34.6. The number of nitrogens with one attached hydrogen (secondary N) is 2. The van der Waals surface area contributed by atoms with E-state index in [1.165, 1.54) is 4.90 Å². The monoisotopic (exact) mass is 676 g/mol. The Morgan fingerprint density at radius 3 is 2.13 bits per heavy atom. The predicted octanol–water partition coefficient (Wildman–Crippen LogP) is 2.70. The number of carbonyl (C=O) groups is 4. The highest BCUT2D eigenvalue weighted by Crippen LogP contribution is 2.29. The number of aliphatic hydroxyl groups is 1. The van der Waals surface area contributed by atoms with Crippen molar-refractivity contribution in [2.75, 3.05) is 46.2 Å². The van der Waals surface area contributed by atoms with Crippen molar-refractivity contribution in [2.24, 2.45) is 5.41 Å². The number of thiazole rings is 1. The van der Waals surface area contributed by atoms with Crippen LogP contribution in [0.15, 0.2) is 29.8 Å². The van der Waals surface area contributed by atoms with Crippen LogP contribution in [0.2, 0.25) is 0 Å². The fourth-order valence-electron chi connectivity index (χ4n) is 5.11. The summed E-state index contributed by atoms with van der Waals surface area (Å²) in [5.41, 5.74) is 4.05. The predicted molar refractivity (Wildman–Crippen MR) is 176 cm³/mol. The molecular weight excluding hydrogens is 628 g/mol. The van der Waals surface area contributed by atoms with Crippen LogP contribution < -0.4 is 10.6 Å². The van der Waals surface area contributed by atoms with Gasteiger partial charge >= 0.3 is 5.97 Å². The van der Waals surface area contributed by atoms with Gasteiger partial charge in [-0.05, 0) is 30.4 Å². The second kappa shape index (κ2) is 18.2. The quantitative estimate of drug-likeness (QED) is 0.172. The minimum atomic E-state index is -0.930. The summed E-state index contributed by atoms with van der Waals surface area (Å²) in [5, 5.41) is 24.9. The van der Waals surface area contributed by atoms with Crippen LogP contribution in [0.25, 0.3) is 10.4 Å². The molecule has 0 spiro atoms. The molecule has 13 nitrogen and oxygen atoms in total. The third-order valence-electron chi connectivity index (χ3n) is 7.74. The molecule has 1 aliphatic rings. The van der Waals surface area contributed by atoms with E-state index >= 15 is 0 Å². The maximum absolute atomic E-state index is 13.8. The Morgan fingerprint density at radius 1 is 0.979 bits per heavy atom. The SMILES string of the molecule is Cc1ncsc1-c1ccc([C@H](C)NC(=O)[C@@H]2C[C@@H](O)CN2C(=O)[C@@H](NC(=O)CCOCCOCCOCCC(=O)O)C(C)(C)C)cc1. The summed E-state index contributed by atoms with van der Waals surface area (Å²) in [4.78, 5) is 57.3. The molecule has 1 aromatic heterocycles. The van der Waals surface area contributed by atoms with Crippen molar-refractivity contribution in [3.8, 4) is 10.4 Å². The Labute approximate surface area is 280 Å². The van der Waals surface area contributed by atoms with Crippen molar-refractivity contribution in [3.63, 3.8) is 0 Å².